The average Bonchev–Trinajstić information content (AvgIpc) is 2.69. The number of piperidine rings is 1. The highest BCUT2D eigenvalue weighted by atomic mass is 35.5. The number of benzene rings is 1. The van der Waals surface area contributed by atoms with Gasteiger partial charge in [-0.15, -0.1) is 25.6 Å². The topological polar surface area (TPSA) is 54.0 Å². The zero-order chi connectivity index (χ0) is 20.0. The molecule has 1 unspecified atom stereocenters. The minimum absolute atomic E-state index is 0. The standard InChI is InChI=1S/C19H26F3N3O3.ClH/c20-19(21,22)28-17-6-2-1-5-16(17)18(26)25(15-4-3-7-23-14-15)9-8-24-10-12-27-13-11-24;/h1-2,5-6,15,23H,3-4,7-14H2;1H. The summed E-state index contributed by atoms with van der Waals surface area (Å²) in [5.74, 6) is -0.887. The predicted octanol–water partition coefficient (Wildman–Crippen LogP) is 2.53. The first-order valence-corrected chi connectivity index (χ1v) is 9.60. The number of hydrogen-bond donors (Lipinski definition) is 1. The van der Waals surface area contributed by atoms with Crippen molar-refractivity contribution >= 4 is 18.3 Å². The number of rotatable bonds is 6. The molecule has 2 heterocycles. The van der Waals surface area contributed by atoms with Crippen molar-refractivity contribution in [2.45, 2.75) is 25.2 Å². The first kappa shape index (κ1) is 23.7. The normalized spacial score (nSPS) is 20.6. The van der Waals surface area contributed by atoms with Gasteiger partial charge in [-0.3, -0.25) is 9.69 Å². The summed E-state index contributed by atoms with van der Waals surface area (Å²) in [6.45, 7) is 5.52. The SMILES string of the molecule is Cl.O=C(c1ccccc1OC(F)(F)F)N(CCN1CCOCC1)C1CCCNC1. The van der Waals surface area contributed by atoms with Crippen LogP contribution in [0.1, 0.15) is 23.2 Å². The maximum atomic E-state index is 13.2. The lowest BCUT2D eigenvalue weighted by atomic mass is 10.0. The molecule has 1 amide bonds. The Morgan fingerprint density at radius 3 is 2.66 bits per heavy atom. The first-order valence-electron chi connectivity index (χ1n) is 9.60. The van der Waals surface area contributed by atoms with Crippen LogP contribution in [-0.4, -0.2) is 80.6 Å². The minimum atomic E-state index is -4.85. The van der Waals surface area contributed by atoms with Crippen LogP contribution in [0, 0.1) is 0 Å². The van der Waals surface area contributed by atoms with E-state index in [1.807, 2.05) is 0 Å². The summed E-state index contributed by atoms with van der Waals surface area (Å²) < 4.78 is 47.7. The summed E-state index contributed by atoms with van der Waals surface area (Å²) in [6.07, 6.45) is -3.10. The third-order valence-electron chi connectivity index (χ3n) is 5.08. The van der Waals surface area contributed by atoms with Crippen LogP contribution < -0.4 is 10.1 Å². The van der Waals surface area contributed by atoms with Gasteiger partial charge < -0.3 is 19.7 Å². The Hall–Kier alpha value is -1.55. The summed E-state index contributed by atoms with van der Waals surface area (Å²) in [6, 6.07) is 5.50. The van der Waals surface area contributed by atoms with Gasteiger partial charge in [0.05, 0.1) is 18.8 Å². The van der Waals surface area contributed by atoms with Crippen molar-refractivity contribution in [3.05, 3.63) is 29.8 Å². The number of nitrogens with one attached hydrogen (secondary N) is 1. The number of carbonyl (C=O) groups excluding carboxylic acids is 1. The highest BCUT2D eigenvalue weighted by Crippen LogP contribution is 2.28. The van der Waals surface area contributed by atoms with Gasteiger partial charge in [0, 0.05) is 38.8 Å². The predicted molar refractivity (Wildman–Crippen MR) is 105 cm³/mol. The number of hydrogen-bond acceptors (Lipinski definition) is 5. The van der Waals surface area contributed by atoms with Gasteiger partial charge in [0.15, 0.2) is 0 Å². The zero-order valence-electron chi connectivity index (χ0n) is 16.1. The van der Waals surface area contributed by atoms with Crippen molar-refractivity contribution in [1.82, 2.24) is 15.1 Å². The van der Waals surface area contributed by atoms with Crippen molar-refractivity contribution in [2.75, 3.05) is 52.5 Å². The van der Waals surface area contributed by atoms with Crippen molar-refractivity contribution in [2.24, 2.45) is 0 Å². The number of morpholine rings is 1. The second-order valence-electron chi connectivity index (χ2n) is 7.00. The van der Waals surface area contributed by atoms with Crippen LogP contribution in [0.4, 0.5) is 13.2 Å². The van der Waals surface area contributed by atoms with Gasteiger partial charge in [0.25, 0.3) is 5.91 Å². The first-order chi connectivity index (χ1) is 13.4. The van der Waals surface area contributed by atoms with Crippen LogP contribution in [0.25, 0.3) is 0 Å². The van der Waals surface area contributed by atoms with Gasteiger partial charge in [0.1, 0.15) is 5.75 Å². The van der Waals surface area contributed by atoms with Crippen LogP contribution in [0.5, 0.6) is 5.75 Å². The fraction of sp³-hybridized carbons (Fsp3) is 0.632. The van der Waals surface area contributed by atoms with E-state index in [0.717, 1.165) is 32.5 Å². The second-order valence-corrected chi connectivity index (χ2v) is 7.00. The highest BCUT2D eigenvalue weighted by molar-refractivity contribution is 5.97. The smallest absolute Gasteiger partial charge is 0.405 e. The molecular formula is C19H27ClF3N3O3. The molecule has 29 heavy (non-hydrogen) atoms. The molecule has 6 nitrogen and oxygen atoms in total. The minimum Gasteiger partial charge on any atom is -0.405 e. The van der Waals surface area contributed by atoms with Crippen LogP contribution in [-0.2, 0) is 4.74 Å². The fourth-order valence-corrected chi connectivity index (χ4v) is 3.64. The van der Waals surface area contributed by atoms with Crippen LogP contribution in [0.15, 0.2) is 24.3 Å². The van der Waals surface area contributed by atoms with E-state index in [0.29, 0.717) is 32.8 Å². The third-order valence-corrected chi connectivity index (χ3v) is 5.08. The summed E-state index contributed by atoms with van der Waals surface area (Å²) in [5.41, 5.74) is -0.0626. The number of ether oxygens (including phenoxy) is 2. The van der Waals surface area contributed by atoms with Crippen LogP contribution in [0.3, 0.4) is 0 Å². The lowest BCUT2D eigenvalue weighted by Crippen LogP contribution is -2.51. The molecule has 1 atom stereocenters. The lowest BCUT2D eigenvalue weighted by Gasteiger charge is -2.37. The lowest BCUT2D eigenvalue weighted by molar-refractivity contribution is -0.274. The Labute approximate surface area is 174 Å². The van der Waals surface area contributed by atoms with Gasteiger partial charge in [-0.25, -0.2) is 0 Å². The van der Waals surface area contributed by atoms with E-state index in [1.165, 1.54) is 18.2 Å². The van der Waals surface area contributed by atoms with E-state index in [2.05, 4.69) is 15.0 Å². The van der Waals surface area contributed by atoms with Gasteiger partial charge in [-0.05, 0) is 31.5 Å². The van der Waals surface area contributed by atoms with E-state index in [1.54, 1.807) is 11.0 Å². The molecule has 1 aromatic carbocycles. The zero-order valence-corrected chi connectivity index (χ0v) is 16.9. The summed E-state index contributed by atoms with van der Waals surface area (Å²) >= 11 is 0. The van der Waals surface area contributed by atoms with Crippen molar-refractivity contribution in [3.8, 4) is 5.75 Å². The third kappa shape index (κ3) is 7.02. The largest absolute Gasteiger partial charge is 0.573 e. The molecule has 1 N–H and O–H groups in total. The molecule has 1 aromatic rings. The highest BCUT2D eigenvalue weighted by Gasteiger charge is 2.34. The molecule has 3 rings (SSSR count). The Morgan fingerprint density at radius 2 is 2.00 bits per heavy atom. The number of alkyl halides is 3. The molecule has 2 aliphatic rings. The van der Waals surface area contributed by atoms with E-state index in [4.69, 9.17) is 4.74 Å². The maximum absolute atomic E-state index is 13.2. The molecule has 2 aliphatic heterocycles. The molecule has 2 saturated heterocycles. The maximum Gasteiger partial charge on any atom is 0.573 e. The van der Waals surface area contributed by atoms with Gasteiger partial charge in [0.2, 0.25) is 0 Å². The number of amides is 1. The molecule has 0 aliphatic carbocycles. The fourth-order valence-electron chi connectivity index (χ4n) is 3.64. The van der Waals surface area contributed by atoms with Crippen LogP contribution in [0.2, 0.25) is 0 Å². The van der Waals surface area contributed by atoms with Gasteiger partial charge in [-0.2, -0.15) is 0 Å². The van der Waals surface area contributed by atoms with Crippen molar-refractivity contribution in [1.29, 1.82) is 0 Å². The van der Waals surface area contributed by atoms with Crippen LogP contribution >= 0.6 is 12.4 Å². The Balaban J connectivity index is 0.00000300. The quantitative estimate of drug-likeness (QED) is 0.741. The molecule has 10 heteroatoms. The average molecular weight is 438 g/mol. The van der Waals surface area contributed by atoms with E-state index >= 15 is 0 Å². The molecule has 0 bridgehead atoms. The number of para-hydroxylation sites is 1. The molecule has 0 saturated carbocycles. The molecular weight excluding hydrogens is 411 g/mol. The molecule has 2 fully saturated rings. The second kappa shape index (κ2) is 11.0. The van der Waals surface area contributed by atoms with E-state index in [9.17, 15) is 18.0 Å². The molecule has 0 radical (unpaired) electrons. The number of carbonyl (C=O) groups is 1. The molecule has 0 aromatic heterocycles. The molecule has 164 valence electrons. The van der Waals surface area contributed by atoms with E-state index < -0.39 is 18.0 Å². The van der Waals surface area contributed by atoms with Gasteiger partial charge >= 0.3 is 6.36 Å². The van der Waals surface area contributed by atoms with Gasteiger partial charge in [-0.1, -0.05) is 12.1 Å². The monoisotopic (exact) mass is 437 g/mol. The number of halogens is 4. The summed E-state index contributed by atoms with van der Waals surface area (Å²) in [4.78, 5) is 17.1. The number of nitrogens with zero attached hydrogens (tertiary/aromatic N) is 2. The molecule has 0 spiro atoms. The Morgan fingerprint density at radius 1 is 1.28 bits per heavy atom. The van der Waals surface area contributed by atoms with Crippen molar-refractivity contribution in [3.63, 3.8) is 0 Å². The van der Waals surface area contributed by atoms with E-state index in [-0.39, 0.29) is 24.0 Å². The van der Waals surface area contributed by atoms with Crippen molar-refractivity contribution < 1.29 is 27.4 Å². The summed E-state index contributed by atoms with van der Waals surface area (Å²) in [7, 11) is 0. The Bertz CT molecular complexity index is 651. The Kier molecular flexibility index (Phi) is 9.01. The summed E-state index contributed by atoms with van der Waals surface area (Å²) in [5, 5.41) is 3.27.